The highest BCUT2D eigenvalue weighted by Crippen LogP contribution is 2.21. The zero-order valence-electron chi connectivity index (χ0n) is 16.6. The fourth-order valence-electron chi connectivity index (χ4n) is 2.92. The first-order valence-electron chi connectivity index (χ1n) is 9.33. The molecular formula is C22H22N6O. The van der Waals surface area contributed by atoms with Crippen molar-refractivity contribution in [2.45, 2.75) is 20.4 Å². The number of rotatable bonds is 6. The molecule has 7 heteroatoms. The molecule has 1 aromatic carbocycles. The monoisotopic (exact) mass is 386 g/mol. The Morgan fingerprint density at radius 3 is 2.55 bits per heavy atom. The van der Waals surface area contributed by atoms with Crippen molar-refractivity contribution in [1.82, 2.24) is 24.7 Å². The average molecular weight is 386 g/mol. The minimum atomic E-state index is 0.558. The van der Waals surface area contributed by atoms with Gasteiger partial charge in [-0.2, -0.15) is 5.10 Å². The number of hydrogen-bond donors (Lipinski definition) is 1. The molecule has 0 atom stereocenters. The SMILES string of the molecule is COc1ccc(-n2ccc(CNc3nc(-c4ccccn4)nc(C)c3C)n2)cc1. The summed E-state index contributed by atoms with van der Waals surface area (Å²) < 4.78 is 7.05. The van der Waals surface area contributed by atoms with E-state index in [0.717, 1.165) is 39.9 Å². The third-order valence-electron chi connectivity index (χ3n) is 4.70. The Bertz CT molecular complexity index is 1110. The van der Waals surface area contributed by atoms with Gasteiger partial charge in [0.05, 0.1) is 25.0 Å². The fourth-order valence-corrected chi connectivity index (χ4v) is 2.92. The highest BCUT2D eigenvalue weighted by Gasteiger charge is 2.11. The molecular weight excluding hydrogens is 364 g/mol. The molecule has 3 aromatic heterocycles. The van der Waals surface area contributed by atoms with Crippen molar-refractivity contribution in [1.29, 1.82) is 0 Å². The van der Waals surface area contributed by atoms with Crippen LogP contribution >= 0.6 is 0 Å². The number of anilines is 1. The number of nitrogens with one attached hydrogen (secondary N) is 1. The molecule has 4 aromatic rings. The molecule has 0 radical (unpaired) electrons. The lowest BCUT2D eigenvalue weighted by Gasteiger charge is -2.11. The van der Waals surface area contributed by atoms with E-state index in [0.29, 0.717) is 12.4 Å². The minimum Gasteiger partial charge on any atom is -0.497 e. The smallest absolute Gasteiger partial charge is 0.180 e. The van der Waals surface area contributed by atoms with Crippen molar-refractivity contribution in [3.8, 4) is 23.0 Å². The highest BCUT2D eigenvalue weighted by atomic mass is 16.5. The second kappa shape index (κ2) is 8.10. The quantitative estimate of drug-likeness (QED) is 0.540. The van der Waals surface area contributed by atoms with Gasteiger partial charge in [0.15, 0.2) is 5.82 Å². The Morgan fingerprint density at radius 2 is 1.83 bits per heavy atom. The van der Waals surface area contributed by atoms with Gasteiger partial charge in [0.1, 0.15) is 17.3 Å². The van der Waals surface area contributed by atoms with E-state index in [1.165, 1.54) is 0 Å². The standard InChI is InChI=1S/C22H22N6O/c1-15-16(2)25-22(20-6-4-5-12-23-20)26-21(15)24-14-17-11-13-28(27-17)18-7-9-19(29-3)10-8-18/h4-13H,14H2,1-3H3,(H,24,25,26). The maximum Gasteiger partial charge on any atom is 0.180 e. The summed E-state index contributed by atoms with van der Waals surface area (Å²) in [5.41, 5.74) is 4.58. The van der Waals surface area contributed by atoms with E-state index >= 15 is 0 Å². The van der Waals surface area contributed by atoms with Crippen LogP contribution in [0.25, 0.3) is 17.2 Å². The zero-order valence-corrected chi connectivity index (χ0v) is 16.6. The molecule has 0 amide bonds. The highest BCUT2D eigenvalue weighted by molar-refractivity contribution is 5.56. The van der Waals surface area contributed by atoms with Crippen LogP contribution in [-0.2, 0) is 6.54 Å². The number of aryl methyl sites for hydroxylation is 1. The van der Waals surface area contributed by atoms with E-state index < -0.39 is 0 Å². The summed E-state index contributed by atoms with van der Waals surface area (Å²) in [6, 6.07) is 15.5. The molecule has 4 rings (SSSR count). The molecule has 0 fully saturated rings. The van der Waals surface area contributed by atoms with E-state index in [1.54, 1.807) is 13.3 Å². The fraction of sp³-hybridized carbons (Fsp3) is 0.182. The average Bonchev–Trinajstić information content (AvgIpc) is 3.24. The van der Waals surface area contributed by atoms with Crippen LogP contribution in [0.15, 0.2) is 60.9 Å². The second-order valence-electron chi connectivity index (χ2n) is 6.62. The molecule has 7 nitrogen and oxygen atoms in total. The zero-order chi connectivity index (χ0) is 20.2. The number of pyridine rings is 1. The third-order valence-corrected chi connectivity index (χ3v) is 4.70. The minimum absolute atomic E-state index is 0.558. The molecule has 3 heterocycles. The number of hydrogen-bond acceptors (Lipinski definition) is 6. The van der Waals surface area contributed by atoms with Gasteiger partial charge in [-0.25, -0.2) is 14.6 Å². The Balaban J connectivity index is 1.52. The van der Waals surface area contributed by atoms with Gasteiger partial charge in [-0.1, -0.05) is 6.07 Å². The van der Waals surface area contributed by atoms with Crippen molar-refractivity contribution in [3.63, 3.8) is 0 Å². The van der Waals surface area contributed by atoms with Gasteiger partial charge in [0.25, 0.3) is 0 Å². The molecule has 0 aliphatic heterocycles. The van der Waals surface area contributed by atoms with E-state index in [1.807, 2.05) is 73.3 Å². The summed E-state index contributed by atoms with van der Waals surface area (Å²) in [5.74, 6) is 2.22. The number of aromatic nitrogens is 5. The molecule has 0 saturated carbocycles. The van der Waals surface area contributed by atoms with Gasteiger partial charge in [-0.3, -0.25) is 4.98 Å². The lowest BCUT2D eigenvalue weighted by Crippen LogP contribution is -2.08. The summed E-state index contributed by atoms with van der Waals surface area (Å²) in [6.07, 6.45) is 3.68. The molecule has 146 valence electrons. The Labute approximate surface area is 169 Å². The third kappa shape index (κ3) is 4.08. The van der Waals surface area contributed by atoms with Crippen molar-refractivity contribution < 1.29 is 4.74 Å². The number of ether oxygens (including phenoxy) is 1. The Kier molecular flexibility index (Phi) is 5.20. The largest absolute Gasteiger partial charge is 0.497 e. The van der Waals surface area contributed by atoms with Crippen LogP contribution < -0.4 is 10.1 Å². The number of methoxy groups -OCH3 is 1. The molecule has 1 N–H and O–H groups in total. The van der Waals surface area contributed by atoms with Gasteiger partial charge in [-0.05, 0) is 56.3 Å². The summed E-state index contributed by atoms with van der Waals surface area (Å²) in [4.78, 5) is 13.6. The van der Waals surface area contributed by atoms with Crippen molar-refractivity contribution in [2.24, 2.45) is 0 Å². The molecule has 0 saturated heterocycles. The molecule has 29 heavy (non-hydrogen) atoms. The van der Waals surface area contributed by atoms with Crippen LogP contribution in [0.3, 0.4) is 0 Å². The van der Waals surface area contributed by atoms with Crippen LogP contribution in [0, 0.1) is 13.8 Å². The van der Waals surface area contributed by atoms with E-state index in [2.05, 4.69) is 25.4 Å². The topological polar surface area (TPSA) is 77.8 Å². The van der Waals surface area contributed by atoms with Crippen LogP contribution in [-0.4, -0.2) is 31.8 Å². The van der Waals surface area contributed by atoms with Crippen LogP contribution in [0.1, 0.15) is 17.0 Å². The Hall–Kier alpha value is -3.74. The molecule has 0 aliphatic rings. The van der Waals surface area contributed by atoms with Crippen LogP contribution in [0.4, 0.5) is 5.82 Å². The summed E-state index contributed by atoms with van der Waals surface area (Å²) >= 11 is 0. The first-order chi connectivity index (χ1) is 14.1. The maximum atomic E-state index is 5.20. The first kappa shape index (κ1) is 18.6. The molecule has 0 bridgehead atoms. The van der Waals surface area contributed by atoms with Gasteiger partial charge in [-0.15, -0.1) is 0 Å². The van der Waals surface area contributed by atoms with Gasteiger partial charge in [0.2, 0.25) is 0 Å². The lowest BCUT2D eigenvalue weighted by atomic mass is 10.2. The maximum absolute atomic E-state index is 5.20. The van der Waals surface area contributed by atoms with Crippen molar-refractivity contribution >= 4 is 5.82 Å². The predicted octanol–water partition coefficient (Wildman–Crippen LogP) is 3.96. The second-order valence-corrected chi connectivity index (χ2v) is 6.62. The number of nitrogens with zero attached hydrogens (tertiary/aromatic N) is 5. The summed E-state index contributed by atoms with van der Waals surface area (Å²) in [5, 5.41) is 8.03. The number of benzene rings is 1. The van der Waals surface area contributed by atoms with E-state index in [4.69, 9.17) is 4.74 Å². The van der Waals surface area contributed by atoms with Gasteiger partial charge in [0, 0.05) is 23.7 Å². The summed E-state index contributed by atoms with van der Waals surface area (Å²) in [7, 11) is 1.66. The first-order valence-corrected chi connectivity index (χ1v) is 9.33. The van der Waals surface area contributed by atoms with E-state index in [9.17, 15) is 0 Å². The van der Waals surface area contributed by atoms with Crippen LogP contribution in [0.5, 0.6) is 5.75 Å². The van der Waals surface area contributed by atoms with Crippen molar-refractivity contribution in [2.75, 3.05) is 12.4 Å². The van der Waals surface area contributed by atoms with Crippen molar-refractivity contribution in [3.05, 3.63) is 77.9 Å². The lowest BCUT2D eigenvalue weighted by molar-refractivity contribution is 0.414. The molecule has 0 spiro atoms. The molecule has 0 aliphatic carbocycles. The van der Waals surface area contributed by atoms with E-state index in [-0.39, 0.29) is 0 Å². The van der Waals surface area contributed by atoms with Crippen LogP contribution in [0.2, 0.25) is 0 Å². The summed E-state index contributed by atoms with van der Waals surface area (Å²) in [6.45, 7) is 4.55. The van der Waals surface area contributed by atoms with Gasteiger partial charge < -0.3 is 10.1 Å². The molecule has 0 unspecified atom stereocenters. The Morgan fingerprint density at radius 1 is 1.00 bits per heavy atom. The predicted molar refractivity (Wildman–Crippen MR) is 112 cm³/mol. The normalized spacial score (nSPS) is 10.7. The van der Waals surface area contributed by atoms with Gasteiger partial charge >= 0.3 is 0 Å².